The van der Waals surface area contributed by atoms with E-state index >= 15 is 0 Å². The number of nitrogens with zero attached hydrogens (tertiary/aromatic N) is 1. The fraction of sp³-hybridized carbons (Fsp3) is 0.385. The molecule has 0 saturated carbocycles. The highest BCUT2D eigenvalue weighted by Crippen LogP contribution is 2.09. The summed E-state index contributed by atoms with van der Waals surface area (Å²) in [6, 6.07) is 8.10. The van der Waals surface area contributed by atoms with E-state index in [0.717, 1.165) is 24.3 Å². The van der Waals surface area contributed by atoms with E-state index in [1.807, 2.05) is 24.3 Å². The van der Waals surface area contributed by atoms with E-state index in [1.165, 1.54) is 6.08 Å². The lowest BCUT2D eigenvalue weighted by molar-refractivity contribution is 0.425. The van der Waals surface area contributed by atoms with Crippen LogP contribution in [-0.4, -0.2) is 38.0 Å². The highest BCUT2D eigenvalue weighted by Gasteiger charge is 1.94. The fourth-order valence-electron chi connectivity index (χ4n) is 1.34. The van der Waals surface area contributed by atoms with Crippen LogP contribution in [0, 0.1) is 0 Å². The molecule has 1 aromatic carbocycles. The van der Waals surface area contributed by atoms with Crippen LogP contribution in [0.25, 0.3) is 0 Å². The van der Waals surface area contributed by atoms with Crippen molar-refractivity contribution >= 4 is 11.6 Å². The molecular weight excluding hydrogens is 200 g/mol. The number of hydrogen-bond donors (Lipinski definition) is 1. The molecule has 86 valence electrons. The van der Waals surface area contributed by atoms with Crippen LogP contribution in [0.2, 0.25) is 0 Å². The molecule has 0 atom stereocenters. The van der Waals surface area contributed by atoms with Gasteiger partial charge in [-0.05, 0) is 31.8 Å². The number of nitrogens with one attached hydrogen (secondary N) is 1. The van der Waals surface area contributed by atoms with Crippen molar-refractivity contribution in [3.05, 3.63) is 35.9 Å². The predicted octanol–water partition coefficient (Wildman–Crippen LogP) is 1.59. The summed E-state index contributed by atoms with van der Waals surface area (Å²) in [7, 11) is 4.10. The quantitative estimate of drug-likeness (QED) is 0.736. The minimum Gasteiger partial charge on any atom is -0.384 e. The Bertz CT molecular complexity index is 351. The minimum absolute atomic E-state index is 0.654. The predicted molar refractivity (Wildman–Crippen MR) is 67.5 cm³/mol. The third-order valence-corrected chi connectivity index (χ3v) is 2.26. The van der Waals surface area contributed by atoms with E-state index in [1.54, 1.807) is 5.94 Å². The molecule has 1 N–H and O–H groups in total. The maximum Gasteiger partial charge on any atom is 0.120 e. The molecule has 16 heavy (non-hydrogen) atoms. The van der Waals surface area contributed by atoms with Crippen LogP contribution >= 0.6 is 0 Å². The zero-order valence-corrected chi connectivity index (χ0v) is 9.86. The van der Waals surface area contributed by atoms with Crippen molar-refractivity contribution in [3.8, 4) is 0 Å². The second kappa shape index (κ2) is 6.83. The topological polar surface area (TPSA) is 32.3 Å². The van der Waals surface area contributed by atoms with E-state index in [-0.39, 0.29) is 0 Å². The second-order valence-electron chi connectivity index (χ2n) is 3.95. The molecule has 0 aliphatic heterocycles. The molecule has 0 heterocycles. The van der Waals surface area contributed by atoms with Gasteiger partial charge in [-0.15, -0.1) is 0 Å². The normalized spacial score (nSPS) is 9.94. The molecule has 3 heteroatoms. The van der Waals surface area contributed by atoms with Crippen LogP contribution in [-0.2, 0) is 11.2 Å². The molecule has 1 aromatic rings. The molecule has 0 aromatic heterocycles. The van der Waals surface area contributed by atoms with Crippen molar-refractivity contribution in [2.45, 2.75) is 6.42 Å². The lowest BCUT2D eigenvalue weighted by Gasteiger charge is -2.11. The summed E-state index contributed by atoms with van der Waals surface area (Å²) in [5.41, 5.74) is 2.24. The van der Waals surface area contributed by atoms with Crippen LogP contribution in [0.5, 0.6) is 0 Å². The molecule has 0 aliphatic carbocycles. The summed E-state index contributed by atoms with van der Waals surface area (Å²) in [4.78, 5) is 12.2. The maximum absolute atomic E-state index is 10.1. The summed E-state index contributed by atoms with van der Waals surface area (Å²) in [5.74, 6) is 1.78. The Morgan fingerprint density at radius 1 is 1.31 bits per heavy atom. The molecule has 0 amide bonds. The third kappa shape index (κ3) is 4.78. The van der Waals surface area contributed by atoms with Gasteiger partial charge >= 0.3 is 0 Å². The first-order valence-electron chi connectivity index (χ1n) is 5.39. The highest BCUT2D eigenvalue weighted by molar-refractivity contribution is 5.48. The Kier molecular flexibility index (Phi) is 5.34. The van der Waals surface area contributed by atoms with Gasteiger partial charge in [-0.3, -0.25) is 0 Å². The van der Waals surface area contributed by atoms with E-state index < -0.39 is 0 Å². The van der Waals surface area contributed by atoms with Gasteiger partial charge in [0.05, 0.1) is 0 Å². The molecule has 0 aliphatic rings. The zero-order chi connectivity index (χ0) is 11.8. The molecule has 3 nitrogen and oxygen atoms in total. The molecule has 0 saturated heterocycles. The number of likely N-dealkylation sites (N-methyl/N-ethyl adjacent to an activating group) is 1. The van der Waals surface area contributed by atoms with Gasteiger partial charge < -0.3 is 10.2 Å². The number of benzene rings is 1. The number of rotatable bonds is 6. The fourth-order valence-corrected chi connectivity index (χ4v) is 1.34. The largest absolute Gasteiger partial charge is 0.384 e. The average Bonchev–Trinajstić information content (AvgIpc) is 2.27. The van der Waals surface area contributed by atoms with Gasteiger partial charge in [-0.25, -0.2) is 4.79 Å². The molecule has 1 rings (SSSR count). The SMILES string of the molecule is CN(C)CCNc1ccc(CC=C=O)cc1. The Labute approximate surface area is 96.8 Å². The second-order valence-corrected chi connectivity index (χ2v) is 3.95. The Morgan fingerprint density at radius 2 is 2.00 bits per heavy atom. The summed E-state index contributed by atoms with van der Waals surface area (Å²) < 4.78 is 0. The number of allylic oxidation sites excluding steroid dienone is 1. The first kappa shape index (κ1) is 12.5. The summed E-state index contributed by atoms with van der Waals surface area (Å²) >= 11 is 0. The van der Waals surface area contributed by atoms with Crippen molar-refractivity contribution in [1.82, 2.24) is 4.90 Å². The van der Waals surface area contributed by atoms with Crippen molar-refractivity contribution in [3.63, 3.8) is 0 Å². The van der Waals surface area contributed by atoms with E-state index in [4.69, 9.17) is 0 Å². The van der Waals surface area contributed by atoms with Crippen LogP contribution in [0.1, 0.15) is 5.56 Å². The van der Waals surface area contributed by atoms with Gasteiger partial charge in [-0.2, -0.15) is 0 Å². The number of anilines is 1. The van der Waals surface area contributed by atoms with Gasteiger partial charge in [0.1, 0.15) is 5.94 Å². The Balaban J connectivity index is 2.41. The van der Waals surface area contributed by atoms with Gasteiger partial charge in [0.25, 0.3) is 0 Å². The van der Waals surface area contributed by atoms with Crippen molar-refractivity contribution in [1.29, 1.82) is 0 Å². The Hall–Kier alpha value is -1.57. The summed E-state index contributed by atoms with van der Waals surface area (Å²) in [5, 5.41) is 3.33. The maximum atomic E-state index is 10.1. The number of carbonyl (C=O) groups excluding carboxylic acids is 1. The van der Waals surface area contributed by atoms with Gasteiger partial charge in [0.15, 0.2) is 0 Å². The van der Waals surface area contributed by atoms with Crippen LogP contribution in [0.15, 0.2) is 30.3 Å². The molecule has 0 unspecified atom stereocenters. The number of hydrogen-bond acceptors (Lipinski definition) is 3. The molecule has 0 fully saturated rings. The molecule has 0 spiro atoms. The van der Waals surface area contributed by atoms with Gasteiger partial charge in [0.2, 0.25) is 0 Å². The first-order chi connectivity index (χ1) is 7.72. The average molecular weight is 218 g/mol. The molecule has 0 bridgehead atoms. The summed E-state index contributed by atoms with van der Waals surface area (Å²) in [6.45, 7) is 1.94. The minimum atomic E-state index is 0.654. The van der Waals surface area contributed by atoms with Crippen molar-refractivity contribution in [2.24, 2.45) is 0 Å². The monoisotopic (exact) mass is 218 g/mol. The van der Waals surface area contributed by atoms with Gasteiger partial charge in [-0.1, -0.05) is 12.1 Å². The zero-order valence-electron chi connectivity index (χ0n) is 9.86. The lowest BCUT2D eigenvalue weighted by Crippen LogP contribution is -2.20. The summed E-state index contributed by atoms with van der Waals surface area (Å²) in [6.07, 6.45) is 2.15. The van der Waals surface area contributed by atoms with E-state index in [0.29, 0.717) is 6.42 Å². The van der Waals surface area contributed by atoms with E-state index in [2.05, 4.69) is 24.3 Å². The van der Waals surface area contributed by atoms with Crippen molar-refractivity contribution in [2.75, 3.05) is 32.5 Å². The first-order valence-corrected chi connectivity index (χ1v) is 5.39. The van der Waals surface area contributed by atoms with Crippen LogP contribution in [0.4, 0.5) is 5.69 Å². The lowest BCUT2D eigenvalue weighted by atomic mass is 10.1. The molecular formula is C13H18N2O. The third-order valence-electron chi connectivity index (χ3n) is 2.26. The van der Waals surface area contributed by atoms with E-state index in [9.17, 15) is 4.79 Å². The smallest absolute Gasteiger partial charge is 0.120 e. The van der Waals surface area contributed by atoms with Gasteiger partial charge in [0, 0.05) is 31.3 Å². The standard InChI is InChI=1S/C13H18N2O/c1-15(2)10-9-14-13-7-5-12(6-8-13)4-3-11-16/h3,5-8,14H,4,9-10H2,1-2H3. The highest BCUT2D eigenvalue weighted by atomic mass is 16.1. The van der Waals surface area contributed by atoms with Crippen LogP contribution in [0.3, 0.4) is 0 Å². The molecule has 0 radical (unpaired) electrons. The van der Waals surface area contributed by atoms with Crippen molar-refractivity contribution < 1.29 is 4.79 Å². The van der Waals surface area contributed by atoms with Crippen LogP contribution < -0.4 is 5.32 Å². The Morgan fingerprint density at radius 3 is 2.56 bits per heavy atom.